The van der Waals surface area contributed by atoms with Gasteiger partial charge in [-0.15, -0.1) is 0 Å². The second-order valence-corrected chi connectivity index (χ2v) is 7.19. The number of rotatable bonds is 5. The summed E-state index contributed by atoms with van der Waals surface area (Å²) in [5, 5.41) is 0.848. The Bertz CT molecular complexity index is 820. The number of hydrogen-bond donors (Lipinski definition) is 1. The van der Waals surface area contributed by atoms with Crippen LogP contribution in [0.3, 0.4) is 0 Å². The first-order valence-electron chi connectivity index (χ1n) is 6.45. The van der Waals surface area contributed by atoms with Crippen molar-refractivity contribution >= 4 is 39.2 Å². The normalized spacial score (nSPS) is 11.3. The van der Waals surface area contributed by atoms with Crippen molar-refractivity contribution in [1.82, 2.24) is 4.72 Å². The van der Waals surface area contributed by atoms with Crippen molar-refractivity contribution in [2.45, 2.75) is 11.4 Å². The smallest absolute Gasteiger partial charge is 0.337 e. The molecule has 0 saturated carbocycles. The summed E-state index contributed by atoms with van der Waals surface area (Å²) in [5.74, 6) is -0.533. The molecule has 0 atom stereocenters. The fourth-order valence-electron chi connectivity index (χ4n) is 1.81. The van der Waals surface area contributed by atoms with E-state index < -0.39 is 16.0 Å². The van der Waals surface area contributed by atoms with E-state index in [0.29, 0.717) is 15.6 Å². The van der Waals surface area contributed by atoms with Crippen LogP contribution in [0.4, 0.5) is 0 Å². The number of nitrogens with one attached hydrogen (secondary N) is 1. The third-order valence-corrected chi connectivity index (χ3v) is 5.06. The predicted molar refractivity (Wildman–Crippen MR) is 88.3 cm³/mol. The molecule has 0 spiro atoms. The summed E-state index contributed by atoms with van der Waals surface area (Å²) >= 11 is 11.8. The number of hydrogen-bond acceptors (Lipinski definition) is 4. The second-order valence-electron chi connectivity index (χ2n) is 4.58. The third-order valence-electron chi connectivity index (χ3n) is 3.05. The summed E-state index contributed by atoms with van der Waals surface area (Å²) in [6.07, 6.45) is 0. The zero-order chi connectivity index (χ0) is 17.0. The summed E-state index contributed by atoms with van der Waals surface area (Å²) in [5.41, 5.74) is 0.873. The lowest BCUT2D eigenvalue weighted by molar-refractivity contribution is 0.0600. The maximum atomic E-state index is 12.2. The molecule has 2 aromatic carbocycles. The molecule has 0 aromatic heterocycles. The zero-order valence-electron chi connectivity index (χ0n) is 12.0. The van der Waals surface area contributed by atoms with Crippen molar-refractivity contribution in [2.24, 2.45) is 0 Å². The highest BCUT2D eigenvalue weighted by Gasteiger charge is 2.15. The molecule has 1 N–H and O–H groups in total. The highest BCUT2D eigenvalue weighted by Crippen LogP contribution is 2.21. The number of sulfonamides is 1. The van der Waals surface area contributed by atoms with Gasteiger partial charge in [0.15, 0.2) is 0 Å². The van der Waals surface area contributed by atoms with Crippen LogP contribution in [0.1, 0.15) is 15.9 Å². The Morgan fingerprint density at radius 2 is 1.78 bits per heavy atom. The minimum atomic E-state index is -3.73. The van der Waals surface area contributed by atoms with Crippen LogP contribution in [0.2, 0.25) is 10.0 Å². The van der Waals surface area contributed by atoms with Crippen molar-refractivity contribution in [3.8, 4) is 0 Å². The first kappa shape index (κ1) is 17.7. The molecule has 0 heterocycles. The molecule has 122 valence electrons. The zero-order valence-corrected chi connectivity index (χ0v) is 14.4. The van der Waals surface area contributed by atoms with Crippen molar-refractivity contribution in [3.63, 3.8) is 0 Å². The van der Waals surface area contributed by atoms with Crippen LogP contribution < -0.4 is 4.72 Å². The molecule has 2 aromatic rings. The van der Waals surface area contributed by atoms with Crippen LogP contribution in [0, 0.1) is 0 Å². The van der Waals surface area contributed by atoms with Crippen LogP contribution in [0.15, 0.2) is 47.4 Å². The predicted octanol–water partition coefficient (Wildman–Crippen LogP) is 3.26. The van der Waals surface area contributed by atoms with Gasteiger partial charge in [-0.2, -0.15) is 0 Å². The molecule has 0 radical (unpaired) electrons. The van der Waals surface area contributed by atoms with Crippen LogP contribution in [0.5, 0.6) is 0 Å². The van der Waals surface area contributed by atoms with E-state index >= 15 is 0 Å². The molecule has 2 rings (SSSR count). The fraction of sp³-hybridized carbons (Fsp3) is 0.133. The topological polar surface area (TPSA) is 72.5 Å². The molecule has 0 aliphatic heterocycles. The number of methoxy groups -OCH3 is 1. The Kier molecular flexibility index (Phi) is 5.64. The van der Waals surface area contributed by atoms with Gasteiger partial charge in [0.05, 0.1) is 17.6 Å². The molecular formula is C15H13Cl2NO4S. The van der Waals surface area contributed by atoms with Gasteiger partial charge in [0.25, 0.3) is 0 Å². The number of carbonyl (C=O) groups is 1. The molecule has 0 bridgehead atoms. The lowest BCUT2D eigenvalue weighted by Gasteiger charge is -2.09. The molecule has 0 amide bonds. The van der Waals surface area contributed by atoms with Gasteiger partial charge in [-0.1, -0.05) is 29.3 Å². The van der Waals surface area contributed by atoms with E-state index in [0.717, 1.165) is 0 Å². The van der Waals surface area contributed by atoms with Crippen LogP contribution in [-0.2, 0) is 21.3 Å². The van der Waals surface area contributed by atoms with Crippen LogP contribution in [0.25, 0.3) is 0 Å². The Balaban J connectivity index is 2.14. The molecule has 8 heteroatoms. The van der Waals surface area contributed by atoms with Gasteiger partial charge in [-0.25, -0.2) is 17.9 Å². The van der Waals surface area contributed by atoms with Crippen molar-refractivity contribution in [3.05, 3.63) is 63.6 Å². The van der Waals surface area contributed by atoms with E-state index in [1.54, 1.807) is 12.1 Å². The summed E-state index contributed by atoms with van der Waals surface area (Å²) < 4.78 is 31.5. The quantitative estimate of drug-likeness (QED) is 0.816. The van der Waals surface area contributed by atoms with E-state index in [4.69, 9.17) is 23.2 Å². The second kappa shape index (κ2) is 7.31. The first-order valence-corrected chi connectivity index (χ1v) is 8.69. The van der Waals surface area contributed by atoms with Crippen LogP contribution in [-0.4, -0.2) is 21.5 Å². The monoisotopic (exact) mass is 373 g/mol. The summed E-state index contributed by atoms with van der Waals surface area (Å²) in [4.78, 5) is 11.4. The highest BCUT2D eigenvalue weighted by molar-refractivity contribution is 7.89. The van der Waals surface area contributed by atoms with Crippen LogP contribution >= 0.6 is 23.2 Å². The highest BCUT2D eigenvalue weighted by atomic mass is 35.5. The van der Waals surface area contributed by atoms with Gasteiger partial charge in [0.2, 0.25) is 10.0 Å². The molecule has 0 fully saturated rings. The Morgan fingerprint density at radius 1 is 1.13 bits per heavy atom. The lowest BCUT2D eigenvalue weighted by Crippen LogP contribution is -2.23. The van der Waals surface area contributed by atoms with Gasteiger partial charge in [-0.05, 0) is 42.0 Å². The van der Waals surface area contributed by atoms with Crippen molar-refractivity contribution < 1.29 is 17.9 Å². The number of halogens is 2. The largest absolute Gasteiger partial charge is 0.465 e. The van der Waals surface area contributed by atoms with Gasteiger partial charge in [-0.3, -0.25) is 0 Å². The van der Waals surface area contributed by atoms with Gasteiger partial charge >= 0.3 is 5.97 Å². The standard InChI is InChI=1S/C15H13Cl2NO4S/c1-22-15(19)10-3-6-13(7-4-10)23(20,21)18-9-11-2-5-12(16)8-14(11)17/h2-8,18H,9H2,1H3. The molecule has 0 saturated heterocycles. The molecule has 0 aliphatic carbocycles. The molecule has 23 heavy (non-hydrogen) atoms. The Morgan fingerprint density at radius 3 is 2.35 bits per heavy atom. The minimum Gasteiger partial charge on any atom is -0.465 e. The van der Waals surface area contributed by atoms with Crippen molar-refractivity contribution in [2.75, 3.05) is 7.11 Å². The van der Waals surface area contributed by atoms with E-state index in [1.807, 2.05) is 0 Å². The van der Waals surface area contributed by atoms with E-state index in [2.05, 4.69) is 9.46 Å². The Labute approximate surface area is 144 Å². The average molecular weight is 374 g/mol. The number of ether oxygens (including phenoxy) is 1. The molecular weight excluding hydrogens is 361 g/mol. The van der Waals surface area contributed by atoms with Gasteiger partial charge < -0.3 is 4.74 Å². The maximum Gasteiger partial charge on any atom is 0.337 e. The molecule has 0 aliphatic rings. The minimum absolute atomic E-state index is 0.0249. The van der Waals surface area contributed by atoms with Gasteiger partial charge in [0, 0.05) is 16.6 Å². The first-order chi connectivity index (χ1) is 10.8. The van der Waals surface area contributed by atoms with E-state index in [9.17, 15) is 13.2 Å². The maximum absolute atomic E-state index is 12.2. The van der Waals surface area contributed by atoms with E-state index in [1.165, 1.54) is 37.4 Å². The number of carbonyl (C=O) groups excluding carboxylic acids is 1. The van der Waals surface area contributed by atoms with Gasteiger partial charge in [0.1, 0.15) is 0 Å². The lowest BCUT2D eigenvalue weighted by atomic mass is 10.2. The summed E-state index contributed by atoms with van der Waals surface area (Å²) in [6.45, 7) is 0.0249. The SMILES string of the molecule is COC(=O)c1ccc(S(=O)(=O)NCc2ccc(Cl)cc2Cl)cc1. The van der Waals surface area contributed by atoms with E-state index in [-0.39, 0.29) is 17.0 Å². The van der Waals surface area contributed by atoms with Crippen molar-refractivity contribution in [1.29, 1.82) is 0 Å². The third kappa shape index (κ3) is 4.45. The Hall–Kier alpha value is -1.60. The number of esters is 1. The number of benzene rings is 2. The summed E-state index contributed by atoms with van der Waals surface area (Å²) in [6, 6.07) is 10.2. The summed E-state index contributed by atoms with van der Waals surface area (Å²) in [7, 11) is -2.47. The molecule has 0 unspecified atom stereocenters. The average Bonchev–Trinajstić information content (AvgIpc) is 2.53. The fourth-order valence-corrected chi connectivity index (χ4v) is 3.29. The molecule has 5 nitrogen and oxygen atoms in total.